The van der Waals surface area contributed by atoms with Crippen molar-refractivity contribution in [2.75, 3.05) is 7.11 Å². The zero-order valence-corrected chi connectivity index (χ0v) is 17.7. The van der Waals surface area contributed by atoms with E-state index in [2.05, 4.69) is 27.4 Å². The monoisotopic (exact) mass is 423 g/mol. The molecule has 0 unspecified atom stereocenters. The molecule has 0 saturated heterocycles. The normalized spacial score (nSPS) is 14.0. The Morgan fingerprint density at radius 3 is 2.72 bits per heavy atom. The zero-order valence-electron chi connectivity index (χ0n) is 16.1. The van der Waals surface area contributed by atoms with Crippen molar-refractivity contribution >= 4 is 32.9 Å². The maximum absolute atomic E-state index is 12.7. The Hall–Kier alpha value is -2.48. The van der Waals surface area contributed by atoms with Crippen LogP contribution in [-0.2, 0) is 13.1 Å². The van der Waals surface area contributed by atoms with E-state index in [1.54, 1.807) is 18.4 Å². The number of nitrogens with zero attached hydrogens (tertiary/aromatic N) is 2. The number of H-pyrrole nitrogens is 1. The molecule has 29 heavy (non-hydrogen) atoms. The van der Waals surface area contributed by atoms with E-state index in [1.165, 1.54) is 29.1 Å². The first kappa shape index (κ1) is 18.5. The lowest BCUT2D eigenvalue weighted by Gasteiger charge is -2.20. The number of thiophene rings is 2. The van der Waals surface area contributed by atoms with E-state index in [9.17, 15) is 4.79 Å². The molecule has 4 aromatic rings. The third-order valence-electron chi connectivity index (χ3n) is 5.16. The molecule has 0 aliphatic heterocycles. The summed E-state index contributed by atoms with van der Waals surface area (Å²) in [5.41, 5.74) is 1.78. The van der Waals surface area contributed by atoms with Gasteiger partial charge in [-0.2, -0.15) is 0 Å². The lowest BCUT2D eigenvalue weighted by molar-refractivity contribution is 0.242. The maximum atomic E-state index is 12.7. The Kier molecular flexibility index (Phi) is 4.95. The molecule has 1 aliphatic rings. The second-order valence-corrected chi connectivity index (χ2v) is 9.37. The highest BCUT2D eigenvalue weighted by atomic mass is 32.1. The molecule has 3 aromatic heterocycles. The molecule has 0 amide bonds. The van der Waals surface area contributed by atoms with Crippen LogP contribution in [0.15, 0.2) is 52.6 Å². The van der Waals surface area contributed by atoms with Gasteiger partial charge in [-0.15, -0.1) is 22.7 Å². The van der Waals surface area contributed by atoms with E-state index >= 15 is 0 Å². The molecule has 7 heteroatoms. The van der Waals surface area contributed by atoms with Gasteiger partial charge < -0.3 is 9.72 Å². The van der Waals surface area contributed by atoms with Crippen molar-refractivity contribution in [2.24, 2.45) is 0 Å². The molecule has 0 bridgehead atoms. The van der Waals surface area contributed by atoms with Crippen LogP contribution in [0, 0.1) is 0 Å². The minimum atomic E-state index is -0.0540. The molecule has 1 saturated carbocycles. The lowest BCUT2D eigenvalue weighted by Crippen LogP contribution is -2.27. The molecule has 1 aliphatic carbocycles. The topological polar surface area (TPSA) is 58.2 Å². The van der Waals surface area contributed by atoms with Gasteiger partial charge in [0.2, 0.25) is 0 Å². The van der Waals surface area contributed by atoms with Crippen molar-refractivity contribution in [3.63, 3.8) is 0 Å². The summed E-state index contributed by atoms with van der Waals surface area (Å²) >= 11 is 3.26. The number of aromatic amines is 1. The van der Waals surface area contributed by atoms with Gasteiger partial charge in [0.1, 0.15) is 16.3 Å². The van der Waals surface area contributed by atoms with Gasteiger partial charge in [0, 0.05) is 22.3 Å². The highest BCUT2D eigenvalue weighted by Crippen LogP contribution is 2.33. The van der Waals surface area contributed by atoms with Crippen molar-refractivity contribution < 1.29 is 4.74 Å². The van der Waals surface area contributed by atoms with Gasteiger partial charge in [0.25, 0.3) is 5.56 Å². The van der Waals surface area contributed by atoms with Crippen LogP contribution in [0.2, 0.25) is 0 Å². The van der Waals surface area contributed by atoms with Crippen LogP contribution >= 0.6 is 22.7 Å². The third kappa shape index (κ3) is 3.99. The second kappa shape index (κ2) is 7.74. The van der Waals surface area contributed by atoms with Crippen LogP contribution in [0.5, 0.6) is 5.75 Å². The van der Waals surface area contributed by atoms with Gasteiger partial charge in [0.05, 0.1) is 19.2 Å². The predicted molar refractivity (Wildman–Crippen MR) is 119 cm³/mol. The number of fused-ring (bicyclic) bond motifs is 1. The zero-order chi connectivity index (χ0) is 19.8. The third-order valence-corrected chi connectivity index (χ3v) is 7.19. The van der Waals surface area contributed by atoms with Crippen molar-refractivity contribution in [1.82, 2.24) is 14.9 Å². The molecule has 0 atom stereocenters. The van der Waals surface area contributed by atoms with Crippen LogP contribution < -0.4 is 10.3 Å². The summed E-state index contributed by atoms with van der Waals surface area (Å²) < 4.78 is 5.91. The maximum Gasteiger partial charge on any atom is 0.268 e. The summed E-state index contributed by atoms with van der Waals surface area (Å²) in [6.45, 7) is 1.58. The minimum absolute atomic E-state index is 0.0540. The van der Waals surface area contributed by atoms with Crippen LogP contribution in [0.4, 0.5) is 0 Å². The summed E-state index contributed by atoms with van der Waals surface area (Å²) in [5.74, 6) is 1.56. The van der Waals surface area contributed by atoms with E-state index in [0.717, 1.165) is 34.1 Å². The molecule has 1 aromatic carbocycles. The molecule has 0 spiro atoms. The number of nitrogens with one attached hydrogen (secondary N) is 1. The highest BCUT2D eigenvalue weighted by molar-refractivity contribution is 7.22. The van der Waals surface area contributed by atoms with Gasteiger partial charge in [-0.25, -0.2) is 4.98 Å². The molecule has 1 fully saturated rings. The number of ether oxygens (including phenoxy) is 1. The second-order valence-electron chi connectivity index (χ2n) is 7.28. The summed E-state index contributed by atoms with van der Waals surface area (Å²) in [4.78, 5) is 25.3. The van der Waals surface area contributed by atoms with E-state index < -0.39 is 0 Å². The number of benzene rings is 1. The summed E-state index contributed by atoms with van der Waals surface area (Å²) in [5, 5.41) is 2.11. The smallest absolute Gasteiger partial charge is 0.268 e. The Labute approximate surface area is 176 Å². The molecule has 5 nitrogen and oxygen atoms in total. The minimum Gasteiger partial charge on any atom is -0.497 e. The molecule has 148 valence electrons. The highest BCUT2D eigenvalue weighted by Gasteiger charge is 2.29. The predicted octanol–water partition coefficient (Wildman–Crippen LogP) is 4.89. The summed E-state index contributed by atoms with van der Waals surface area (Å²) in [6, 6.07) is 14.7. The van der Waals surface area contributed by atoms with Gasteiger partial charge in [-0.3, -0.25) is 9.69 Å². The number of hydrogen-bond acceptors (Lipinski definition) is 6. The fourth-order valence-corrected chi connectivity index (χ4v) is 5.24. The summed E-state index contributed by atoms with van der Waals surface area (Å²) in [7, 11) is 1.66. The van der Waals surface area contributed by atoms with E-state index in [4.69, 9.17) is 9.72 Å². The van der Waals surface area contributed by atoms with Crippen molar-refractivity contribution in [2.45, 2.75) is 32.0 Å². The number of rotatable bonds is 7. The Bertz CT molecular complexity index is 1180. The largest absolute Gasteiger partial charge is 0.497 e. The Morgan fingerprint density at radius 2 is 2.03 bits per heavy atom. The van der Waals surface area contributed by atoms with Crippen LogP contribution in [0.25, 0.3) is 20.7 Å². The van der Waals surface area contributed by atoms with Crippen molar-refractivity contribution in [3.05, 3.63) is 68.9 Å². The fourth-order valence-electron chi connectivity index (χ4n) is 3.51. The molecule has 5 rings (SSSR count). The molecular weight excluding hydrogens is 402 g/mol. The van der Waals surface area contributed by atoms with Gasteiger partial charge in [-0.05, 0) is 60.2 Å². The van der Waals surface area contributed by atoms with Crippen LogP contribution in [0.3, 0.4) is 0 Å². The molecule has 3 heterocycles. The first-order valence-electron chi connectivity index (χ1n) is 9.63. The first-order chi connectivity index (χ1) is 14.2. The van der Waals surface area contributed by atoms with Gasteiger partial charge >= 0.3 is 0 Å². The standard InChI is InChI=1S/C22H21N3O2S2/c1-27-16-8-4-14(5-9-16)19-11-18-21(29-19)22(26)24-20(23-18)13-25(15-6-7-15)12-17-3-2-10-28-17/h2-5,8-11,15H,6-7,12-13H2,1H3,(H,23,24,26). The Balaban J connectivity index is 1.43. The number of hydrogen-bond donors (Lipinski definition) is 1. The van der Waals surface area contributed by atoms with Gasteiger partial charge in [0.15, 0.2) is 0 Å². The van der Waals surface area contributed by atoms with Crippen molar-refractivity contribution in [1.29, 1.82) is 0 Å². The van der Waals surface area contributed by atoms with E-state index in [-0.39, 0.29) is 5.56 Å². The Morgan fingerprint density at radius 1 is 1.21 bits per heavy atom. The van der Waals surface area contributed by atoms with Crippen LogP contribution in [-0.4, -0.2) is 28.0 Å². The quantitative estimate of drug-likeness (QED) is 0.460. The lowest BCUT2D eigenvalue weighted by atomic mass is 10.2. The molecule has 1 N–H and O–H groups in total. The van der Waals surface area contributed by atoms with E-state index in [1.807, 2.05) is 30.3 Å². The number of methoxy groups -OCH3 is 1. The fraction of sp³-hybridized carbons (Fsp3) is 0.273. The summed E-state index contributed by atoms with van der Waals surface area (Å²) in [6.07, 6.45) is 2.44. The van der Waals surface area contributed by atoms with Gasteiger partial charge in [-0.1, -0.05) is 6.07 Å². The van der Waals surface area contributed by atoms with Crippen molar-refractivity contribution in [3.8, 4) is 16.2 Å². The molecule has 0 radical (unpaired) electrons. The van der Waals surface area contributed by atoms with Crippen LogP contribution in [0.1, 0.15) is 23.5 Å². The average Bonchev–Trinajstić information content (AvgIpc) is 3.28. The average molecular weight is 424 g/mol. The van der Waals surface area contributed by atoms with E-state index in [0.29, 0.717) is 17.3 Å². The molecular formula is C22H21N3O2S2. The SMILES string of the molecule is COc1ccc(-c2cc3nc(CN(Cc4cccs4)C4CC4)[nH]c(=O)c3s2)cc1. The first-order valence-corrected chi connectivity index (χ1v) is 11.3. The number of aromatic nitrogens is 2.